The second kappa shape index (κ2) is 13.1. The van der Waals surface area contributed by atoms with Gasteiger partial charge in [0.2, 0.25) is 0 Å². The first-order chi connectivity index (χ1) is 20.3. The van der Waals surface area contributed by atoms with Crippen LogP contribution in [-0.2, 0) is 16.6 Å². The molecular weight excluding hydrogens is 614 g/mol. The van der Waals surface area contributed by atoms with Gasteiger partial charge in [-0.1, -0.05) is 11.6 Å². The molecule has 0 spiro atoms. The number of anilines is 2. The molecule has 43 heavy (non-hydrogen) atoms. The lowest BCUT2D eigenvalue weighted by atomic mass is 9.81. The summed E-state index contributed by atoms with van der Waals surface area (Å²) in [4.78, 5) is 8.88. The molecule has 0 unspecified atom stereocenters. The molecule has 1 aliphatic rings. The number of benzene rings is 2. The highest BCUT2D eigenvalue weighted by Crippen LogP contribution is 2.41. The molecule has 0 radical (unpaired) electrons. The van der Waals surface area contributed by atoms with Gasteiger partial charge < -0.3 is 19.7 Å². The van der Waals surface area contributed by atoms with E-state index >= 15 is 4.39 Å². The molecule has 1 N–H and O–H groups in total. The largest absolute Gasteiger partial charge is 0.497 e. The summed E-state index contributed by atoms with van der Waals surface area (Å²) >= 11 is 6.48. The standard InChI is InChI=1S/C28H32ClF4N5O4S/c1-37(2)24-11-18(28(31,32)33)6-8-22(24)36-23-14-21(30)26(13-20(23)29)43(39,40)38(27-9-10-34-16-35-27)15-17-5-7-19(41-3)12-25(17)42-4/h5,7,9-10,12-14,16,18,22,24,36H,6,8,11,15H2,1-4H3/t18-,22-,24-/m0/s1. The summed E-state index contributed by atoms with van der Waals surface area (Å²) in [5.74, 6) is -1.75. The van der Waals surface area contributed by atoms with Crippen molar-refractivity contribution in [3.05, 3.63) is 65.3 Å². The summed E-state index contributed by atoms with van der Waals surface area (Å²) < 4.78 is 95.4. The third-order valence-corrected chi connectivity index (χ3v) is 9.58. The molecule has 1 saturated carbocycles. The van der Waals surface area contributed by atoms with Crippen LogP contribution < -0.4 is 19.1 Å². The zero-order chi connectivity index (χ0) is 31.5. The number of hydrogen-bond donors (Lipinski definition) is 1. The first kappa shape index (κ1) is 32.6. The van der Waals surface area contributed by atoms with Crippen LogP contribution in [0.3, 0.4) is 0 Å². The predicted molar refractivity (Wildman–Crippen MR) is 155 cm³/mol. The highest BCUT2D eigenvalue weighted by molar-refractivity contribution is 7.92. The highest BCUT2D eigenvalue weighted by Gasteiger charge is 2.45. The first-order valence-electron chi connectivity index (χ1n) is 13.2. The Morgan fingerprint density at radius 1 is 1.09 bits per heavy atom. The molecule has 0 amide bonds. The molecule has 0 aliphatic heterocycles. The normalized spacial score (nSPS) is 19.3. The van der Waals surface area contributed by atoms with Gasteiger partial charge in [-0.15, -0.1) is 0 Å². The van der Waals surface area contributed by atoms with E-state index in [1.165, 1.54) is 26.5 Å². The van der Waals surface area contributed by atoms with Gasteiger partial charge in [-0.25, -0.2) is 27.1 Å². The fourth-order valence-corrected chi connectivity index (χ4v) is 6.95. The van der Waals surface area contributed by atoms with Gasteiger partial charge in [-0.2, -0.15) is 13.2 Å². The van der Waals surface area contributed by atoms with Crippen molar-refractivity contribution in [2.24, 2.45) is 5.92 Å². The van der Waals surface area contributed by atoms with Crippen LogP contribution >= 0.6 is 11.6 Å². The summed E-state index contributed by atoms with van der Waals surface area (Å²) in [5.41, 5.74) is 0.519. The molecule has 1 aromatic heterocycles. The number of rotatable bonds is 10. The lowest BCUT2D eigenvalue weighted by molar-refractivity contribution is -0.186. The van der Waals surface area contributed by atoms with Crippen molar-refractivity contribution >= 4 is 33.1 Å². The zero-order valence-corrected chi connectivity index (χ0v) is 25.5. The van der Waals surface area contributed by atoms with Crippen molar-refractivity contribution in [1.82, 2.24) is 14.9 Å². The Kier molecular flexibility index (Phi) is 9.92. The maximum Gasteiger partial charge on any atom is 0.391 e. The molecule has 4 rings (SSSR count). The Bertz CT molecular complexity index is 1530. The van der Waals surface area contributed by atoms with Crippen molar-refractivity contribution in [2.75, 3.05) is 37.9 Å². The number of aromatic nitrogens is 2. The molecule has 1 heterocycles. The van der Waals surface area contributed by atoms with Crippen LogP contribution in [0.1, 0.15) is 24.8 Å². The average molecular weight is 646 g/mol. The number of nitrogens with one attached hydrogen (secondary N) is 1. The molecule has 1 aliphatic carbocycles. The number of halogens is 5. The lowest BCUT2D eigenvalue weighted by Crippen LogP contribution is -2.49. The van der Waals surface area contributed by atoms with E-state index < -0.39 is 44.9 Å². The van der Waals surface area contributed by atoms with Crippen LogP contribution in [0.4, 0.5) is 29.1 Å². The average Bonchev–Trinajstić information content (AvgIpc) is 2.97. The Balaban J connectivity index is 1.68. The highest BCUT2D eigenvalue weighted by atomic mass is 35.5. The van der Waals surface area contributed by atoms with Crippen molar-refractivity contribution in [2.45, 2.75) is 49.0 Å². The molecule has 15 heteroatoms. The third-order valence-electron chi connectivity index (χ3n) is 7.50. The van der Waals surface area contributed by atoms with Crippen molar-refractivity contribution in [1.29, 1.82) is 0 Å². The monoisotopic (exact) mass is 645 g/mol. The van der Waals surface area contributed by atoms with Gasteiger partial charge in [0.05, 0.1) is 37.4 Å². The van der Waals surface area contributed by atoms with E-state index in [0.717, 1.165) is 22.8 Å². The van der Waals surface area contributed by atoms with Crippen LogP contribution in [0.15, 0.2) is 53.8 Å². The second-order valence-electron chi connectivity index (χ2n) is 10.4. The molecule has 3 aromatic rings. The fourth-order valence-electron chi connectivity index (χ4n) is 5.20. The van der Waals surface area contributed by atoms with E-state index in [1.54, 1.807) is 37.2 Å². The SMILES string of the molecule is COc1ccc(CN(c2ccncn2)S(=O)(=O)c2cc(Cl)c(N[C@H]3CC[C@H](C(F)(F)F)C[C@@H]3N(C)C)cc2F)c(OC)c1. The predicted octanol–water partition coefficient (Wildman–Crippen LogP) is 5.75. The molecule has 0 saturated heterocycles. The number of methoxy groups -OCH3 is 2. The summed E-state index contributed by atoms with van der Waals surface area (Å²) in [7, 11) is 1.64. The molecular formula is C28H32ClF4N5O4S. The number of alkyl halides is 3. The fraction of sp³-hybridized carbons (Fsp3) is 0.429. The Labute approximate surface area is 252 Å². The zero-order valence-electron chi connectivity index (χ0n) is 23.9. The minimum absolute atomic E-state index is 0.0270. The molecule has 2 aromatic carbocycles. The van der Waals surface area contributed by atoms with E-state index in [0.29, 0.717) is 17.1 Å². The van der Waals surface area contributed by atoms with E-state index in [1.807, 2.05) is 0 Å². The maximum absolute atomic E-state index is 15.7. The van der Waals surface area contributed by atoms with Gasteiger partial charge in [0, 0.05) is 36.0 Å². The van der Waals surface area contributed by atoms with Gasteiger partial charge in [-0.05, 0) is 57.6 Å². The smallest absolute Gasteiger partial charge is 0.391 e. The van der Waals surface area contributed by atoms with Gasteiger partial charge in [0.15, 0.2) is 0 Å². The Morgan fingerprint density at radius 2 is 1.84 bits per heavy atom. The summed E-state index contributed by atoms with van der Waals surface area (Å²) in [5, 5.41) is 2.95. The summed E-state index contributed by atoms with van der Waals surface area (Å²) in [6, 6.07) is 7.13. The van der Waals surface area contributed by atoms with E-state index in [9.17, 15) is 21.6 Å². The van der Waals surface area contributed by atoms with Crippen LogP contribution in [0.5, 0.6) is 11.5 Å². The third kappa shape index (κ3) is 7.24. The summed E-state index contributed by atoms with van der Waals surface area (Å²) in [6.07, 6.45) is -1.87. The molecule has 3 atom stereocenters. The number of hydrogen-bond acceptors (Lipinski definition) is 8. The van der Waals surface area contributed by atoms with Gasteiger partial charge in [0.25, 0.3) is 10.0 Å². The number of nitrogens with zero attached hydrogens (tertiary/aromatic N) is 4. The second-order valence-corrected chi connectivity index (χ2v) is 12.6. The minimum atomic E-state index is -4.61. The van der Waals surface area contributed by atoms with E-state index in [-0.39, 0.29) is 42.3 Å². The topological polar surface area (TPSA) is 96.9 Å². The van der Waals surface area contributed by atoms with E-state index in [2.05, 4.69) is 15.3 Å². The van der Waals surface area contributed by atoms with Gasteiger partial charge in [-0.3, -0.25) is 0 Å². The van der Waals surface area contributed by atoms with Crippen LogP contribution in [0.25, 0.3) is 0 Å². The van der Waals surface area contributed by atoms with Crippen molar-refractivity contribution < 1.29 is 35.5 Å². The molecule has 234 valence electrons. The lowest BCUT2D eigenvalue weighted by Gasteiger charge is -2.41. The van der Waals surface area contributed by atoms with Crippen LogP contribution in [-0.4, -0.2) is 69.9 Å². The Morgan fingerprint density at radius 3 is 2.44 bits per heavy atom. The summed E-state index contributed by atoms with van der Waals surface area (Å²) in [6.45, 7) is -0.281. The maximum atomic E-state index is 15.7. The quantitative estimate of drug-likeness (QED) is 0.278. The Hall–Kier alpha value is -3.36. The first-order valence-corrected chi connectivity index (χ1v) is 15.1. The molecule has 1 fully saturated rings. The van der Waals surface area contributed by atoms with Crippen LogP contribution in [0.2, 0.25) is 5.02 Å². The minimum Gasteiger partial charge on any atom is -0.497 e. The van der Waals surface area contributed by atoms with Crippen molar-refractivity contribution in [3.8, 4) is 11.5 Å². The molecule has 0 bridgehead atoms. The van der Waals surface area contributed by atoms with Crippen LogP contribution in [0, 0.1) is 11.7 Å². The van der Waals surface area contributed by atoms with Gasteiger partial charge in [0.1, 0.15) is 34.4 Å². The van der Waals surface area contributed by atoms with E-state index in [4.69, 9.17) is 21.1 Å². The van der Waals surface area contributed by atoms with Crippen molar-refractivity contribution in [3.63, 3.8) is 0 Å². The number of likely N-dealkylation sites (N-methyl/N-ethyl adjacent to an activating group) is 1. The molecule has 9 nitrogen and oxygen atoms in total. The number of ether oxygens (including phenoxy) is 2. The number of sulfonamides is 1. The van der Waals surface area contributed by atoms with Gasteiger partial charge >= 0.3 is 6.18 Å².